The zero-order valence-electron chi connectivity index (χ0n) is 19.2. The topological polar surface area (TPSA) is 87.8 Å². The molecule has 8 heteroatoms. The second kappa shape index (κ2) is 9.68. The number of para-hydroxylation sites is 1. The summed E-state index contributed by atoms with van der Waals surface area (Å²) in [5.41, 5.74) is 5.45. The van der Waals surface area contributed by atoms with Crippen LogP contribution in [0.5, 0.6) is 0 Å². The molecule has 1 atom stereocenters. The van der Waals surface area contributed by atoms with E-state index in [1.165, 1.54) is 5.01 Å². The number of amides is 1. The van der Waals surface area contributed by atoms with Gasteiger partial charge in [-0.05, 0) is 36.6 Å². The van der Waals surface area contributed by atoms with E-state index in [1.807, 2.05) is 83.8 Å². The minimum Gasteiger partial charge on any atom is -0.481 e. The quantitative estimate of drug-likeness (QED) is 0.378. The number of aryl methyl sites for hydroxylation is 1. The number of hydrazone groups is 1. The van der Waals surface area contributed by atoms with Crippen LogP contribution >= 0.6 is 11.3 Å². The smallest absolute Gasteiger partial charge is 0.303 e. The van der Waals surface area contributed by atoms with Crippen LogP contribution in [-0.4, -0.2) is 37.5 Å². The first-order valence-corrected chi connectivity index (χ1v) is 12.2. The molecule has 176 valence electrons. The molecule has 0 saturated carbocycles. The molecule has 1 unspecified atom stereocenters. The lowest BCUT2D eigenvalue weighted by Crippen LogP contribution is -2.27. The molecule has 0 saturated heterocycles. The van der Waals surface area contributed by atoms with Gasteiger partial charge in [-0.15, -0.1) is 11.3 Å². The Morgan fingerprint density at radius 2 is 1.89 bits per heavy atom. The number of carboxylic acids is 1. The summed E-state index contributed by atoms with van der Waals surface area (Å²) in [6.45, 7) is 2.03. The van der Waals surface area contributed by atoms with Crippen LogP contribution in [0.2, 0.25) is 0 Å². The number of carbonyl (C=O) groups is 2. The van der Waals surface area contributed by atoms with Gasteiger partial charge in [-0.25, -0.2) is 9.69 Å². The van der Waals surface area contributed by atoms with Gasteiger partial charge in [0, 0.05) is 30.2 Å². The molecule has 0 aliphatic carbocycles. The van der Waals surface area contributed by atoms with Crippen molar-refractivity contribution in [3.05, 3.63) is 94.3 Å². The fraction of sp³-hybridized carbons (Fsp3) is 0.185. The maximum Gasteiger partial charge on any atom is 0.303 e. The monoisotopic (exact) mass is 484 g/mol. The minimum absolute atomic E-state index is 0.111. The Bertz CT molecular complexity index is 1390. The average molecular weight is 485 g/mol. The molecule has 1 aliphatic rings. The zero-order valence-corrected chi connectivity index (χ0v) is 20.0. The summed E-state index contributed by atoms with van der Waals surface area (Å²) < 4.78 is 1.83. The molecule has 0 fully saturated rings. The van der Waals surface area contributed by atoms with Crippen LogP contribution in [0.25, 0.3) is 16.9 Å². The van der Waals surface area contributed by atoms with E-state index in [4.69, 9.17) is 10.2 Å². The van der Waals surface area contributed by atoms with Gasteiger partial charge < -0.3 is 5.11 Å². The van der Waals surface area contributed by atoms with Crippen molar-refractivity contribution in [2.45, 2.75) is 32.2 Å². The number of carbonyl (C=O) groups excluding carboxylic acids is 1. The lowest BCUT2D eigenvalue weighted by molar-refractivity contribution is -0.141. The number of hydrogen-bond donors (Lipinski definition) is 1. The van der Waals surface area contributed by atoms with Crippen LogP contribution < -0.4 is 0 Å². The largest absolute Gasteiger partial charge is 0.481 e. The first-order valence-electron chi connectivity index (χ1n) is 11.4. The second-order valence-electron chi connectivity index (χ2n) is 8.46. The van der Waals surface area contributed by atoms with Crippen molar-refractivity contribution in [1.82, 2.24) is 14.8 Å². The molecule has 1 aliphatic heterocycles. The predicted octanol–water partition coefficient (Wildman–Crippen LogP) is 5.45. The summed E-state index contributed by atoms with van der Waals surface area (Å²) in [6, 6.07) is 21.5. The van der Waals surface area contributed by atoms with Crippen LogP contribution in [0.4, 0.5) is 0 Å². The molecular formula is C27H24N4O3S. The summed E-state index contributed by atoms with van der Waals surface area (Å²) in [5.74, 6) is -1.32. The van der Waals surface area contributed by atoms with Gasteiger partial charge in [0.2, 0.25) is 5.91 Å². The molecule has 1 N–H and O–H groups in total. The number of benzene rings is 2. The highest BCUT2D eigenvalue weighted by atomic mass is 32.1. The number of nitrogens with zero attached hydrogens (tertiary/aromatic N) is 4. The fourth-order valence-electron chi connectivity index (χ4n) is 4.26. The number of rotatable bonds is 7. The van der Waals surface area contributed by atoms with Gasteiger partial charge in [-0.1, -0.05) is 48.0 Å². The molecule has 0 bridgehead atoms. The van der Waals surface area contributed by atoms with E-state index in [1.54, 1.807) is 11.3 Å². The molecule has 2 aromatic heterocycles. The van der Waals surface area contributed by atoms with Crippen molar-refractivity contribution in [2.75, 3.05) is 0 Å². The van der Waals surface area contributed by atoms with Gasteiger partial charge in [0.25, 0.3) is 0 Å². The Morgan fingerprint density at radius 3 is 2.60 bits per heavy atom. The van der Waals surface area contributed by atoms with Crippen LogP contribution in [0.15, 0.2) is 83.4 Å². The van der Waals surface area contributed by atoms with Crippen LogP contribution in [-0.2, 0) is 9.59 Å². The molecule has 7 nitrogen and oxygen atoms in total. The molecule has 4 aromatic rings. The molecule has 0 radical (unpaired) electrons. The number of aromatic nitrogens is 2. The Hall–Kier alpha value is -4.04. The van der Waals surface area contributed by atoms with Crippen molar-refractivity contribution in [3.8, 4) is 16.9 Å². The van der Waals surface area contributed by atoms with Gasteiger partial charge >= 0.3 is 5.97 Å². The lowest BCUT2D eigenvalue weighted by atomic mass is 9.97. The maximum atomic E-state index is 13.2. The minimum atomic E-state index is -1.01. The van der Waals surface area contributed by atoms with Gasteiger partial charge in [0.05, 0.1) is 34.4 Å². The Balaban J connectivity index is 1.60. The summed E-state index contributed by atoms with van der Waals surface area (Å²) in [4.78, 5) is 25.3. The summed E-state index contributed by atoms with van der Waals surface area (Å²) in [6.07, 6.45) is 2.14. The van der Waals surface area contributed by atoms with Crippen molar-refractivity contribution in [3.63, 3.8) is 0 Å². The third-order valence-electron chi connectivity index (χ3n) is 5.94. The normalized spacial score (nSPS) is 15.3. The maximum absolute atomic E-state index is 13.2. The van der Waals surface area contributed by atoms with Gasteiger partial charge in [0.15, 0.2) is 0 Å². The summed E-state index contributed by atoms with van der Waals surface area (Å²) in [5, 5.41) is 22.2. The first kappa shape index (κ1) is 22.7. The molecular weight excluding hydrogens is 460 g/mol. The SMILES string of the molecule is Cc1cccc(-c2nn(-c3ccccc3)cc2C2CC(c3cccs3)=NN2C(=O)CCC(=O)O)c1. The average Bonchev–Trinajstić information content (AvgIpc) is 3.62. The third-order valence-corrected chi connectivity index (χ3v) is 6.86. The number of thiophene rings is 1. The fourth-order valence-corrected chi connectivity index (χ4v) is 4.98. The molecule has 3 heterocycles. The second-order valence-corrected chi connectivity index (χ2v) is 9.41. The highest BCUT2D eigenvalue weighted by Gasteiger charge is 2.36. The molecule has 5 rings (SSSR count). The highest BCUT2D eigenvalue weighted by molar-refractivity contribution is 7.12. The van der Waals surface area contributed by atoms with Crippen molar-refractivity contribution >= 4 is 28.9 Å². The van der Waals surface area contributed by atoms with Gasteiger partial charge in [0.1, 0.15) is 0 Å². The number of hydrogen-bond acceptors (Lipinski definition) is 5. The predicted molar refractivity (Wildman–Crippen MR) is 136 cm³/mol. The van der Waals surface area contributed by atoms with E-state index in [2.05, 4.69) is 11.2 Å². The van der Waals surface area contributed by atoms with E-state index in [0.29, 0.717) is 6.42 Å². The van der Waals surface area contributed by atoms with Crippen molar-refractivity contribution < 1.29 is 14.7 Å². The molecule has 35 heavy (non-hydrogen) atoms. The van der Waals surface area contributed by atoms with E-state index in [9.17, 15) is 9.59 Å². The Labute approximate surface area is 207 Å². The summed E-state index contributed by atoms with van der Waals surface area (Å²) in [7, 11) is 0. The first-order chi connectivity index (χ1) is 17.0. The Morgan fingerprint density at radius 1 is 1.06 bits per heavy atom. The molecule has 0 spiro atoms. The van der Waals surface area contributed by atoms with E-state index >= 15 is 0 Å². The third kappa shape index (κ3) is 4.79. The van der Waals surface area contributed by atoms with Gasteiger partial charge in [-0.3, -0.25) is 9.59 Å². The van der Waals surface area contributed by atoms with Crippen molar-refractivity contribution in [2.24, 2.45) is 5.10 Å². The van der Waals surface area contributed by atoms with E-state index in [0.717, 1.165) is 38.7 Å². The van der Waals surface area contributed by atoms with Crippen LogP contribution in [0, 0.1) is 6.92 Å². The van der Waals surface area contributed by atoms with E-state index in [-0.39, 0.29) is 24.8 Å². The number of carboxylic acid groups (broad SMARTS) is 1. The lowest BCUT2D eigenvalue weighted by Gasteiger charge is -2.21. The number of aliphatic carboxylic acids is 1. The van der Waals surface area contributed by atoms with Crippen molar-refractivity contribution in [1.29, 1.82) is 0 Å². The van der Waals surface area contributed by atoms with Crippen LogP contribution in [0.1, 0.15) is 41.3 Å². The Kier molecular flexibility index (Phi) is 6.29. The molecule has 1 amide bonds. The van der Waals surface area contributed by atoms with Crippen LogP contribution in [0.3, 0.4) is 0 Å². The standard InChI is InChI=1S/C27H24N4O3S/c1-18-7-5-8-19(15-18)27-21(17-30(29-27)20-9-3-2-4-10-20)23-16-22(24-11-6-14-35-24)28-31(23)25(32)12-13-26(33)34/h2-11,14-15,17,23H,12-13,16H2,1H3,(H,33,34). The molecule has 2 aromatic carbocycles. The van der Waals surface area contributed by atoms with E-state index < -0.39 is 5.97 Å². The zero-order chi connectivity index (χ0) is 24.4. The summed E-state index contributed by atoms with van der Waals surface area (Å²) >= 11 is 1.57. The highest BCUT2D eigenvalue weighted by Crippen LogP contribution is 2.39. The van der Waals surface area contributed by atoms with Gasteiger partial charge in [-0.2, -0.15) is 10.2 Å².